The van der Waals surface area contributed by atoms with Crippen LogP contribution in [0.2, 0.25) is 0 Å². The molecule has 8 aromatic rings. The van der Waals surface area contributed by atoms with Crippen molar-refractivity contribution in [1.29, 1.82) is 0 Å². The third kappa shape index (κ3) is 5.11. The molecule has 0 atom stereocenters. The van der Waals surface area contributed by atoms with E-state index in [0.29, 0.717) is 34.3 Å². The molecule has 0 aliphatic rings. The summed E-state index contributed by atoms with van der Waals surface area (Å²) in [5.41, 5.74) is 5.10. The van der Waals surface area contributed by atoms with Crippen molar-refractivity contribution < 1.29 is 13.3 Å². The van der Waals surface area contributed by atoms with Gasteiger partial charge < -0.3 is 4.52 Å². The number of fused-ring (bicyclic) bond motifs is 1. The molecular formula is C40H30F2N6O. The maximum Gasteiger partial charge on any atom is 0.229 e. The summed E-state index contributed by atoms with van der Waals surface area (Å²) in [6.07, 6.45) is 5.54. The monoisotopic (exact) mass is 648 g/mol. The van der Waals surface area contributed by atoms with Gasteiger partial charge in [-0.05, 0) is 41.0 Å². The average Bonchev–Trinajstić information content (AvgIpc) is 3.89. The van der Waals surface area contributed by atoms with Crippen molar-refractivity contribution in [1.82, 2.24) is 29.3 Å². The highest BCUT2D eigenvalue weighted by Crippen LogP contribution is 2.43. The van der Waals surface area contributed by atoms with Gasteiger partial charge in [-0.3, -0.25) is 9.08 Å². The molecule has 9 heteroatoms. The van der Waals surface area contributed by atoms with Crippen LogP contribution in [-0.4, -0.2) is 29.3 Å². The molecule has 0 saturated carbocycles. The highest BCUT2D eigenvalue weighted by Gasteiger charge is 2.40. The van der Waals surface area contributed by atoms with E-state index in [1.54, 1.807) is 6.20 Å². The standard InChI is InChI=1S/C40H30F2N6O/c1-26(2)39-44-38(46-49-39)35-23-43-36-21-18-27(24-47(35)36)33-25-48(45-37(33)32-20-19-31(41)22-34(32)42)40(28-12-6-3-7-13-28,29-14-8-4-9-15-29)30-16-10-5-11-17-30/h3-26H,1-2H3. The first kappa shape index (κ1) is 30.1. The third-order valence-corrected chi connectivity index (χ3v) is 8.80. The first-order valence-corrected chi connectivity index (χ1v) is 16.0. The second-order valence-corrected chi connectivity index (χ2v) is 12.2. The predicted octanol–water partition coefficient (Wildman–Crippen LogP) is 9.16. The number of halogens is 2. The van der Waals surface area contributed by atoms with E-state index in [9.17, 15) is 4.39 Å². The summed E-state index contributed by atoms with van der Waals surface area (Å²) in [6, 6.07) is 37.7. The molecule has 240 valence electrons. The fraction of sp³-hybridized carbons (Fsp3) is 0.100. The van der Waals surface area contributed by atoms with Gasteiger partial charge in [0, 0.05) is 41.1 Å². The molecule has 0 amide bonds. The zero-order valence-corrected chi connectivity index (χ0v) is 26.7. The SMILES string of the molecule is CC(C)c1nc(-c2cnc3ccc(-c4cn(C(c5ccccc5)(c5ccccc5)c5ccccc5)nc4-c4ccc(F)cc4F)cn23)no1. The summed E-state index contributed by atoms with van der Waals surface area (Å²) in [7, 11) is 0. The number of aromatic nitrogens is 6. The number of hydrogen-bond donors (Lipinski definition) is 0. The Morgan fingerprint density at radius 2 is 1.35 bits per heavy atom. The van der Waals surface area contributed by atoms with Gasteiger partial charge in [-0.25, -0.2) is 13.8 Å². The Morgan fingerprint density at radius 1 is 0.714 bits per heavy atom. The second-order valence-electron chi connectivity index (χ2n) is 12.2. The number of pyridine rings is 1. The van der Waals surface area contributed by atoms with Crippen LogP contribution in [0.1, 0.15) is 42.3 Å². The largest absolute Gasteiger partial charge is 0.339 e. The Hall–Kier alpha value is -6.22. The van der Waals surface area contributed by atoms with E-state index in [1.165, 1.54) is 12.1 Å². The van der Waals surface area contributed by atoms with E-state index in [2.05, 4.69) is 51.5 Å². The first-order chi connectivity index (χ1) is 23.9. The summed E-state index contributed by atoms with van der Waals surface area (Å²) >= 11 is 0. The number of hydrogen-bond acceptors (Lipinski definition) is 5. The molecule has 0 aliphatic carbocycles. The third-order valence-electron chi connectivity index (χ3n) is 8.80. The fourth-order valence-corrected chi connectivity index (χ4v) is 6.45. The molecule has 0 bridgehead atoms. The van der Waals surface area contributed by atoms with Crippen molar-refractivity contribution in [2.75, 3.05) is 0 Å². The zero-order chi connectivity index (χ0) is 33.5. The van der Waals surface area contributed by atoms with Gasteiger partial charge in [0.15, 0.2) is 0 Å². The molecule has 0 N–H and O–H groups in total. The molecule has 8 rings (SSSR count). The van der Waals surface area contributed by atoms with Gasteiger partial charge in [0.25, 0.3) is 0 Å². The van der Waals surface area contributed by atoms with Crippen LogP contribution < -0.4 is 0 Å². The van der Waals surface area contributed by atoms with Crippen molar-refractivity contribution in [3.63, 3.8) is 0 Å². The van der Waals surface area contributed by atoms with Crippen molar-refractivity contribution >= 4 is 5.65 Å². The van der Waals surface area contributed by atoms with E-state index >= 15 is 4.39 Å². The normalized spacial score (nSPS) is 11.9. The molecule has 0 unspecified atom stereocenters. The maximum atomic E-state index is 15.7. The summed E-state index contributed by atoms with van der Waals surface area (Å²) in [5, 5.41) is 9.42. The number of imidazole rings is 1. The lowest BCUT2D eigenvalue weighted by atomic mass is 9.77. The summed E-state index contributed by atoms with van der Waals surface area (Å²) in [6.45, 7) is 3.97. The molecule has 0 fully saturated rings. The van der Waals surface area contributed by atoms with Gasteiger partial charge in [-0.15, -0.1) is 0 Å². The van der Waals surface area contributed by atoms with E-state index in [-0.39, 0.29) is 11.5 Å². The van der Waals surface area contributed by atoms with Gasteiger partial charge in [0.2, 0.25) is 11.7 Å². The number of rotatable bonds is 8. The highest BCUT2D eigenvalue weighted by atomic mass is 19.1. The van der Waals surface area contributed by atoms with Gasteiger partial charge in [-0.1, -0.05) is 110 Å². The molecule has 4 heterocycles. The maximum absolute atomic E-state index is 15.7. The zero-order valence-electron chi connectivity index (χ0n) is 26.7. The average molecular weight is 649 g/mol. The van der Waals surface area contributed by atoms with Gasteiger partial charge >= 0.3 is 0 Å². The van der Waals surface area contributed by atoms with E-state index in [0.717, 1.165) is 28.3 Å². The topological polar surface area (TPSA) is 74.0 Å². The smallest absolute Gasteiger partial charge is 0.229 e. The molecular weight excluding hydrogens is 618 g/mol. The lowest BCUT2D eigenvalue weighted by Crippen LogP contribution is -2.38. The van der Waals surface area contributed by atoms with E-state index in [4.69, 9.17) is 9.62 Å². The van der Waals surface area contributed by atoms with E-state index < -0.39 is 17.2 Å². The molecule has 4 aromatic carbocycles. The lowest BCUT2D eigenvalue weighted by molar-refractivity contribution is 0.365. The highest BCUT2D eigenvalue weighted by molar-refractivity contribution is 5.81. The van der Waals surface area contributed by atoms with Crippen molar-refractivity contribution in [2.45, 2.75) is 25.3 Å². The van der Waals surface area contributed by atoms with Crippen LogP contribution in [-0.2, 0) is 5.54 Å². The lowest BCUT2D eigenvalue weighted by Gasteiger charge is -2.36. The van der Waals surface area contributed by atoms with Gasteiger partial charge in [0.05, 0.1) is 6.20 Å². The van der Waals surface area contributed by atoms with Crippen LogP contribution in [0.15, 0.2) is 144 Å². The quantitative estimate of drug-likeness (QED) is 0.154. The Bertz CT molecular complexity index is 2300. The molecule has 0 spiro atoms. The Morgan fingerprint density at radius 3 is 1.92 bits per heavy atom. The first-order valence-electron chi connectivity index (χ1n) is 16.0. The Labute approximate surface area is 281 Å². The Balaban J connectivity index is 1.42. The van der Waals surface area contributed by atoms with Crippen LogP contribution in [0.3, 0.4) is 0 Å². The molecule has 0 saturated heterocycles. The fourth-order valence-electron chi connectivity index (χ4n) is 6.45. The number of benzene rings is 4. The van der Waals surface area contributed by atoms with Crippen molar-refractivity contribution in [2.24, 2.45) is 0 Å². The van der Waals surface area contributed by atoms with Gasteiger partial charge in [0.1, 0.15) is 34.2 Å². The molecule has 7 nitrogen and oxygen atoms in total. The van der Waals surface area contributed by atoms with Crippen LogP contribution in [0, 0.1) is 11.6 Å². The van der Waals surface area contributed by atoms with Crippen LogP contribution in [0.5, 0.6) is 0 Å². The molecule has 4 aromatic heterocycles. The van der Waals surface area contributed by atoms with Crippen LogP contribution in [0.4, 0.5) is 8.78 Å². The minimum atomic E-state index is -0.963. The molecule has 0 radical (unpaired) electrons. The van der Waals surface area contributed by atoms with E-state index in [1.807, 2.05) is 102 Å². The van der Waals surface area contributed by atoms with Crippen molar-refractivity contribution in [3.8, 4) is 33.9 Å². The summed E-state index contributed by atoms with van der Waals surface area (Å²) in [4.78, 5) is 9.16. The predicted molar refractivity (Wildman–Crippen MR) is 184 cm³/mol. The second kappa shape index (κ2) is 12.1. The minimum Gasteiger partial charge on any atom is -0.339 e. The van der Waals surface area contributed by atoms with Crippen LogP contribution >= 0.6 is 0 Å². The minimum absolute atomic E-state index is 0.0640. The van der Waals surface area contributed by atoms with Gasteiger partial charge in [-0.2, -0.15) is 10.1 Å². The Kier molecular flexibility index (Phi) is 7.44. The van der Waals surface area contributed by atoms with Crippen LogP contribution in [0.25, 0.3) is 39.5 Å². The molecule has 49 heavy (non-hydrogen) atoms. The summed E-state index contributed by atoms with van der Waals surface area (Å²) < 4.78 is 39.2. The number of nitrogens with zero attached hydrogens (tertiary/aromatic N) is 6. The van der Waals surface area contributed by atoms with Crippen molar-refractivity contribution in [3.05, 3.63) is 174 Å². The summed E-state index contributed by atoms with van der Waals surface area (Å²) in [5.74, 6) is -0.386. The molecule has 0 aliphatic heterocycles.